The molecule has 10 heteroatoms. The molecule has 0 aliphatic carbocycles. The minimum Gasteiger partial charge on any atom is -0.369 e. The molecule has 0 spiro atoms. The summed E-state index contributed by atoms with van der Waals surface area (Å²) >= 11 is 1.67. The number of nitrogens with two attached hydrogens (primary N) is 1. The molecule has 3 rings (SSSR count). The summed E-state index contributed by atoms with van der Waals surface area (Å²) in [6.07, 6.45) is 3.34. The van der Waals surface area contributed by atoms with Crippen LogP contribution in [0.4, 0.5) is 5.82 Å². The van der Waals surface area contributed by atoms with Crippen LogP contribution in [0.15, 0.2) is 28.7 Å². The maximum Gasteiger partial charge on any atom is 0.220 e. The predicted molar refractivity (Wildman–Crippen MR) is 142 cm³/mol. The van der Waals surface area contributed by atoms with Gasteiger partial charge in [-0.15, -0.1) is 35.3 Å². The minimum atomic E-state index is -0.201. The van der Waals surface area contributed by atoms with Gasteiger partial charge in [0.2, 0.25) is 5.91 Å². The molecule has 2 aromatic heterocycles. The maximum absolute atomic E-state index is 11.5. The van der Waals surface area contributed by atoms with Crippen LogP contribution in [0.5, 0.6) is 0 Å². The van der Waals surface area contributed by atoms with E-state index in [9.17, 15) is 4.79 Å². The van der Waals surface area contributed by atoms with Gasteiger partial charge in [0.05, 0.1) is 18.8 Å². The van der Waals surface area contributed by atoms with Crippen LogP contribution in [0.2, 0.25) is 0 Å². The van der Waals surface area contributed by atoms with E-state index in [4.69, 9.17) is 10.7 Å². The molecule has 1 fully saturated rings. The number of anilines is 1. The van der Waals surface area contributed by atoms with Gasteiger partial charge < -0.3 is 21.3 Å². The highest BCUT2D eigenvalue weighted by Crippen LogP contribution is 2.25. The Morgan fingerprint density at radius 3 is 2.72 bits per heavy atom. The SMILES string of the molecule is CCNC(=NCc1cccnc1N1CCC(C(N)=O)CC1)NCc1nc(C(C)C)cs1.I. The Kier molecular flexibility index (Phi) is 10.6. The summed E-state index contributed by atoms with van der Waals surface area (Å²) in [6.45, 7) is 9.85. The molecule has 4 N–H and O–H groups in total. The second-order valence-electron chi connectivity index (χ2n) is 8.02. The number of carbonyl (C=O) groups is 1. The van der Waals surface area contributed by atoms with Gasteiger partial charge in [-0.1, -0.05) is 19.9 Å². The van der Waals surface area contributed by atoms with E-state index < -0.39 is 0 Å². The fourth-order valence-corrected chi connectivity index (χ4v) is 4.45. The molecule has 0 bridgehead atoms. The number of carbonyl (C=O) groups excluding carboxylic acids is 1. The number of hydrogen-bond acceptors (Lipinski definition) is 6. The molecule has 1 saturated heterocycles. The standard InChI is InChI=1S/C22H33N7OS.HI/c1-4-24-22(27-13-19-28-18(14-31-19)15(2)3)26-12-17-6-5-9-25-21(17)29-10-7-16(8-11-29)20(23)30;/h5-6,9,14-16H,4,7-8,10-13H2,1-3H3,(H2,23,30)(H2,24,26,27);1H. The van der Waals surface area contributed by atoms with Gasteiger partial charge in [-0.3, -0.25) is 4.79 Å². The fourth-order valence-electron chi connectivity index (χ4n) is 3.55. The first-order valence-electron chi connectivity index (χ1n) is 10.9. The number of rotatable bonds is 8. The molecule has 1 aliphatic rings. The van der Waals surface area contributed by atoms with Gasteiger partial charge in [-0.2, -0.15) is 0 Å². The van der Waals surface area contributed by atoms with Gasteiger partial charge in [0.1, 0.15) is 10.8 Å². The zero-order valence-corrected chi connectivity index (χ0v) is 22.2. The molecular weight excluding hydrogens is 537 g/mol. The smallest absolute Gasteiger partial charge is 0.220 e. The molecule has 0 unspecified atom stereocenters. The first-order chi connectivity index (χ1) is 15.0. The molecule has 0 atom stereocenters. The highest BCUT2D eigenvalue weighted by Gasteiger charge is 2.24. The average Bonchev–Trinajstić information content (AvgIpc) is 3.25. The Hall–Kier alpha value is -1.95. The van der Waals surface area contributed by atoms with E-state index in [1.54, 1.807) is 17.5 Å². The summed E-state index contributed by atoms with van der Waals surface area (Å²) < 4.78 is 0. The number of primary amides is 1. The lowest BCUT2D eigenvalue weighted by Crippen LogP contribution is -2.39. The van der Waals surface area contributed by atoms with Crippen LogP contribution in [0.25, 0.3) is 0 Å². The van der Waals surface area contributed by atoms with Crippen molar-refractivity contribution in [1.82, 2.24) is 20.6 Å². The Labute approximate surface area is 211 Å². The van der Waals surface area contributed by atoms with Crippen molar-refractivity contribution in [1.29, 1.82) is 0 Å². The average molecular weight is 572 g/mol. The van der Waals surface area contributed by atoms with Crippen LogP contribution >= 0.6 is 35.3 Å². The van der Waals surface area contributed by atoms with E-state index in [2.05, 4.69) is 57.7 Å². The largest absolute Gasteiger partial charge is 0.369 e. The third-order valence-electron chi connectivity index (χ3n) is 5.38. The predicted octanol–water partition coefficient (Wildman–Crippen LogP) is 3.24. The van der Waals surface area contributed by atoms with Gasteiger partial charge in [0, 0.05) is 42.7 Å². The number of piperidine rings is 1. The number of hydrogen-bond donors (Lipinski definition) is 3. The second kappa shape index (κ2) is 12.9. The van der Waals surface area contributed by atoms with Gasteiger partial charge in [-0.25, -0.2) is 15.0 Å². The van der Waals surface area contributed by atoms with Gasteiger partial charge >= 0.3 is 0 Å². The summed E-state index contributed by atoms with van der Waals surface area (Å²) in [6, 6.07) is 4.00. The Bertz CT molecular complexity index is 894. The third kappa shape index (κ3) is 7.29. The zero-order valence-electron chi connectivity index (χ0n) is 19.0. The van der Waals surface area contributed by atoms with Crippen LogP contribution in [0.1, 0.15) is 55.8 Å². The molecule has 0 aromatic carbocycles. The molecule has 32 heavy (non-hydrogen) atoms. The number of nitrogens with zero attached hydrogens (tertiary/aromatic N) is 4. The normalized spacial score (nSPS) is 14.9. The van der Waals surface area contributed by atoms with Gasteiger partial charge in [-0.05, 0) is 31.7 Å². The van der Waals surface area contributed by atoms with E-state index in [0.717, 1.165) is 60.5 Å². The number of nitrogens with one attached hydrogen (secondary N) is 2. The Balaban J connectivity index is 0.00000363. The Morgan fingerprint density at radius 2 is 2.09 bits per heavy atom. The first-order valence-corrected chi connectivity index (χ1v) is 11.8. The van der Waals surface area contributed by atoms with E-state index in [1.165, 1.54) is 0 Å². The van der Waals surface area contributed by atoms with Crippen LogP contribution in [0.3, 0.4) is 0 Å². The lowest BCUT2D eigenvalue weighted by molar-refractivity contribution is -0.122. The van der Waals surface area contributed by atoms with Crippen molar-refractivity contribution in [3.63, 3.8) is 0 Å². The first kappa shape index (κ1) is 26.3. The molecule has 2 aromatic rings. The van der Waals surface area contributed by atoms with Crippen molar-refractivity contribution in [3.05, 3.63) is 40.0 Å². The monoisotopic (exact) mass is 571 g/mol. The molecule has 8 nitrogen and oxygen atoms in total. The molecule has 0 radical (unpaired) electrons. The molecule has 3 heterocycles. The summed E-state index contributed by atoms with van der Waals surface area (Å²) in [5, 5.41) is 9.85. The summed E-state index contributed by atoms with van der Waals surface area (Å²) in [4.78, 5) is 27.7. The highest BCUT2D eigenvalue weighted by molar-refractivity contribution is 14.0. The number of aromatic nitrogens is 2. The van der Waals surface area contributed by atoms with Crippen molar-refractivity contribution >= 4 is 53.0 Å². The molecule has 1 amide bonds. The Morgan fingerprint density at radius 1 is 1.34 bits per heavy atom. The quantitative estimate of drug-likeness (QED) is 0.255. The van der Waals surface area contributed by atoms with Crippen molar-refractivity contribution in [2.75, 3.05) is 24.5 Å². The van der Waals surface area contributed by atoms with Crippen molar-refractivity contribution in [2.45, 2.75) is 52.6 Å². The summed E-state index contributed by atoms with van der Waals surface area (Å²) in [5.74, 6) is 1.89. The molecular formula is C22H34IN7OS. The number of guanidine groups is 1. The van der Waals surface area contributed by atoms with Gasteiger partial charge in [0.15, 0.2) is 5.96 Å². The van der Waals surface area contributed by atoms with Crippen LogP contribution in [0, 0.1) is 5.92 Å². The van der Waals surface area contributed by atoms with Crippen molar-refractivity contribution in [3.8, 4) is 0 Å². The fraction of sp³-hybridized carbons (Fsp3) is 0.545. The molecule has 0 saturated carbocycles. The number of amides is 1. The van der Waals surface area contributed by atoms with E-state index in [1.807, 2.05) is 6.07 Å². The summed E-state index contributed by atoms with van der Waals surface area (Å²) in [5.41, 5.74) is 7.66. The van der Waals surface area contributed by atoms with Crippen LogP contribution < -0.4 is 21.3 Å². The molecule has 1 aliphatic heterocycles. The number of thiazole rings is 1. The molecule has 176 valence electrons. The van der Waals surface area contributed by atoms with Crippen LogP contribution in [-0.2, 0) is 17.9 Å². The number of aliphatic imine (C=N–C) groups is 1. The van der Waals surface area contributed by atoms with Crippen LogP contribution in [-0.4, -0.2) is 41.5 Å². The van der Waals surface area contributed by atoms with Crippen molar-refractivity contribution in [2.24, 2.45) is 16.6 Å². The third-order valence-corrected chi connectivity index (χ3v) is 6.25. The van der Waals surface area contributed by atoms with Gasteiger partial charge in [0.25, 0.3) is 0 Å². The zero-order chi connectivity index (χ0) is 22.2. The van der Waals surface area contributed by atoms with Crippen molar-refractivity contribution < 1.29 is 4.79 Å². The number of halogens is 1. The minimum absolute atomic E-state index is 0. The van der Waals surface area contributed by atoms with E-state index in [0.29, 0.717) is 19.0 Å². The highest BCUT2D eigenvalue weighted by atomic mass is 127. The van der Waals surface area contributed by atoms with E-state index in [-0.39, 0.29) is 35.8 Å². The lowest BCUT2D eigenvalue weighted by atomic mass is 9.96. The van der Waals surface area contributed by atoms with E-state index >= 15 is 0 Å². The number of pyridine rings is 1. The maximum atomic E-state index is 11.5. The summed E-state index contributed by atoms with van der Waals surface area (Å²) in [7, 11) is 0. The lowest BCUT2D eigenvalue weighted by Gasteiger charge is -2.32. The second-order valence-corrected chi connectivity index (χ2v) is 8.96. The topological polar surface area (TPSA) is 109 Å².